The van der Waals surface area contributed by atoms with E-state index in [1.807, 2.05) is 19.1 Å². The molecule has 1 amide bonds. The molecule has 6 heteroatoms. The van der Waals surface area contributed by atoms with Gasteiger partial charge in [-0.2, -0.15) is 5.10 Å². The zero-order valence-corrected chi connectivity index (χ0v) is 14.5. The fraction of sp³-hybridized carbons (Fsp3) is 0.368. The number of aryl methyl sites for hydroxylation is 2. The molecule has 0 atom stereocenters. The van der Waals surface area contributed by atoms with Crippen LogP contribution in [0.3, 0.4) is 0 Å². The topological polar surface area (TPSA) is 72.7 Å². The number of aromatic nitrogens is 4. The summed E-state index contributed by atoms with van der Waals surface area (Å²) in [6, 6.07) is 7.59. The highest BCUT2D eigenvalue weighted by atomic mass is 16.1. The molecule has 128 valence electrons. The van der Waals surface area contributed by atoms with E-state index in [9.17, 15) is 4.79 Å². The number of carbonyl (C=O) groups excluding carboxylic acids is 1. The van der Waals surface area contributed by atoms with Crippen LogP contribution in [0.2, 0.25) is 0 Å². The molecule has 1 fully saturated rings. The Hall–Kier alpha value is -2.76. The third-order valence-electron chi connectivity index (χ3n) is 4.91. The van der Waals surface area contributed by atoms with Crippen molar-refractivity contribution >= 4 is 16.9 Å². The first-order chi connectivity index (χ1) is 12.1. The molecule has 2 heterocycles. The van der Waals surface area contributed by atoms with E-state index >= 15 is 0 Å². The summed E-state index contributed by atoms with van der Waals surface area (Å²) in [6.45, 7) is 5.58. The van der Waals surface area contributed by atoms with Crippen molar-refractivity contribution in [2.45, 2.75) is 33.2 Å². The van der Waals surface area contributed by atoms with E-state index in [-0.39, 0.29) is 11.3 Å². The van der Waals surface area contributed by atoms with Crippen molar-refractivity contribution in [3.05, 3.63) is 53.6 Å². The van der Waals surface area contributed by atoms with E-state index in [4.69, 9.17) is 0 Å². The molecule has 3 aromatic rings. The van der Waals surface area contributed by atoms with Gasteiger partial charge in [0.05, 0.1) is 16.8 Å². The Morgan fingerprint density at radius 2 is 2.04 bits per heavy atom. The summed E-state index contributed by atoms with van der Waals surface area (Å²) in [6.07, 6.45) is 5.48. The zero-order chi connectivity index (χ0) is 17.4. The van der Waals surface area contributed by atoms with E-state index in [1.54, 1.807) is 18.5 Å². The number of nitrogens with zero attached hydrogens (tertiary/aromatic N) is 4. The molecule has 6 nitrogen and oxygen atoms in total. The number of carbonyl (C=O) groups is 1. The van der Waals surface area contributed by atoms with Gasteiger partial charge in [0.25, 0.3) is 5.91 Å². The predicted octanol–water partition coefficient (Wildman–Crippen LogP) is 2.65. The molecule has 0 unspecified atom stereocenters. The third-order valence-corrected chi connectivity index (χ3v) is 4.91. The quantitative estimate of drug-likeness (QED) is 0.778. The van der Waals surface area contributed by atoms with Crippen molar-refractivity contribution in [3.63, 3.8) is 0 Å². The van der Waals surface area contributed by atoms with Crippen LogP contribution in [0.4, 0.5) is 0 Å². The molecule has 0 aliphatic heterocycles. The number of amides is 1. The van der Waals surface area contributed by atoms with Crippen LogP contribution in [0.15, 0.2) is 36.7 Å². The first kappa shape index (κ1) is 15.7. The van der Waals surface area contributed by atoms with Gasteiger partial charge in [0.1, 0.15) is 5.52 Å². The summed E-state index contributed by atoms with van der Waals surface area (Å²) >= 11 is 0. The van der Waals surface area contributed by atoms with Crippen LogP contribution in [0, 0.1) is 19.3 Å². The van der Waals surface area contributed by atoms with Crippen molar-refractivity contribution in [1.29, 1.82) is 0 Å². The van der Waals surface area contributed by atoms with Gasteiger partial charge in [-0.25, -0.2) is 0 Å². The lowest BCUT2D eigenvalue weighted by molar-refractivity contribution is 0.0944. The van der Waals surface area contributed by atoms with Crippen LogP contribution in [0.1, 0.15) is 34.6 Å². The number of hydrogen-bond acceptors (Lipinski definition) is 4. The Kier molecular flexibility index (Phi) is 3.75. The Bertz CT molecular complexity index is 937. The minimum absolute atomic E-state index is 0.0919. The average Bonchev–Trinajstić information content (AvgIpc) is 3.31. The van der Waals surface area contributed by atoms with E-state index in [1.165, 1.54) is 5.69 Å². The van der Waals surface area contributed by atoms with E-state index < -0.39 is 0 Å². The molecule has 1 aliphatic carbocycles. The van der Waals surface area contributed by atoms with Crippen LogP contribution < -0.4 is 5.32 Å². The summed E-state index contributed by atoms with van der Waals surface area (Å²) < 4.78 is 2.05. The molecular formula is C19H21N5O. The van der Waals surface area contributed by atoms with Crippen molar-refractivity contribution < 1.29 is 4.79 Å². The van der Waals surface area contributed by atoms with Gasteiger partial charge in [0.15, 0.2) is 0 Å². The number of nitrogens with one attached hydrogen (secondary N) is 1. The number of hydrogen-bond donors (Lipinski definition) is 1. The minimum atomic E-state index is -0.0919. The number of para-hydroxylation sites is 1. The van der Waals surface area contributed by atoms with Crippen LogP contribution in [0.5, 0.6) is 0 Å². The molecule has 2 aromatic heterocycles. The largest absolute Gasteiger partial charge is 0.351 e. The normalized spacial score (nSPS) is 15.3. The van der Waals surface area contributed by atoms with Crippen LogP contribution in [-0.4, -0.2) is 32.2 Å². The highest BCUT2D eigenvalue weighted by Crippen LogP contribution is 2.46. The molecule has 4 rings (SSSR count). The second-order valence-electron chi connectivity index (χ2n) is 7.00. The minimum Gasteiger partial charge on any atom is -0.351 e. The van der Waals surface area contributed by atoms with Gasteiger partial charge in [0.2, 0.25) is 0 Å². The van der Waals surface area contributed by atoms with Crippen molar-refractivity contribution in [3.8, 4) is 0 Å². The number of fused-ring (bicyclic) bond motifs is 1. The maximum absolute atomic E-state index is 12.7. The highest BCUT2D eigenvalue weighted by molar-refractivity contribution is 6.04. The monoisotopic (exact) mass is 335 g/mol. The predicted molar refractivity (Wildman–Crippen MR) is 95.2 cm³/mol. The molecular weight excluding hydrogens is 314 g/mol. The summed E-state index contributed by atoms with van der Waals surface area (Å²) in [5.41, 5.74) is 4.28. The second kappa shape index (κ2) is 5.95. The fourth-order valence-electron chi connectivity index (χ4n) is 3.26. The zero-order valence-electron chi connectivity index (χ0n) is 14.5. The molecule has 25 heavy (non-hydrogen) atoms. The number of benzene rings is 1. The lowest BCUT2D eigenvalue weighted by atomic mass is 10.1. The Labute approximate surface area is 146 Å². The molecule has 0 radical (unpaired) electrons. The van der Waals surface area contributed by atoms with Gasteiger partial charge in [-0.15, -0.1) is 0 Å². The lowest BCUT2D eigenvalue weighted by Gasteiger charge is -2.17. The number of rotatable bonds is 5. The van der Waals surface area contributed by atoms with E-state index in [2.05, 4.69) is 38.1 Å². The fourth-order valence-corrected chi connectivity index (χ4v) is 3.26. The standard InChI is InChI=1S/C19H21N5O/c1-13-10-14(2)24(23-13)12-19(6-7-19)11-22-18(25)15-4-3-5-16-17(15)21-9-8-20-16/h3-5,8-10H,6-7,11-12H2,1-2H3,(H,22,25). The Morgan fingerprint density at radius 3 is 2.76 bits per heavy atom. The molecule has 0 bridgehead atoms. The van der Waals surface area contributed by atoms with Crippen molar-refractivity contribution in [1.82, 2.24) is 25.1 Å². The van der Waals surface area contributed by atoms with Crippen LogP contribution in [-0.2, 0) is 6.54 Å². The Balaban J connectivity index is 1.47. The van der Waals surface area contributed by atoms with Gasteiger partial charge < -0.3 is 5.32 Å². The average molecular weight is 335 g/mol. The van der Waals surface area contributed by atoms with Crippen molar-refractivity contribution in [2.24, 2.45) is 5.41 Å². The van der Waals surface area contributed by atoms with Crippen LogP contribution in [0.25, 0.3) is 11.0 Å². The van der Waals surface area contributed by atoms with Gasteiger partial charge in [0, 0.05) is 36.6 Å². The second-order valence-corrected chi connectivity index (χ2v) is 7.00. The maximum Gasteiger partial charge on any atom is 0.253 e. The molecule has 0 saturated heterocycles. The first-order valence-corrected chi connectivity index (χ1v) is 8.55. The lowest BCUT2D eigenvalue weighted by Crippen LogP contribution is -2.33. The SMILES string of the molecule is Cc1cc(C)n(CC2(CNC(=O)c3cccc4nccnc34)CC2)n1. The molecule has 0 spiro atoms. The van der Waals surface area contributed by atoms with Gasteiger partial charge in [-0.3, -0.25) is 19.4 Å². The van der Waals surface area contributed by atoms with E-state index in [0.717, 1.165) is 30.6 Å². The summed E-state index contributed by atoms with van der Waals surface area (Å²) in [7, 11) is 0. The van der Waals surface area contributed by atoms with E-state index in [0.29, 0.717) is 17.6 Å². The smallest absolute Gasteiger partial charge is 0.253 e. The molecule has 1 N–H and O–H groups in total. The molecule has 1 saturated carbocycles. The third kappa shape index (κ3) is 3.12. The summed E-state index contributed by atoms with van der Waals surface area (Å²) in [5.74, 6) is -0.0919. The van der Waals surface area contributed by atoms with Gasteiger partial charge in [-0.1, -0.05) is 6.07 Å². The van der Waals surface area contributed by atoms with Crippen molar-refractivity contribution in [2.75, 3.05) is 6.54 Å². The van der Waals surface area contributed by atoms with Crippen LogP contribution >= 0.6 is 0 Å². The Morgan fingerprint density at radius 1 is 1.24 bits per heavy atom. The summed E-state index contributed by atoms with van der Waals surface area (Å²) in [4.78, 5) is 21.2. The molecule has 1 aliphatic rings. The summed E-state index contributed by atoms with van der Waals surface area (Å²) in [5, 5.41) is 7.64. The van der Waals surface area contributed by atoms with Gasteiger partial charge in [-0.05, 0) is 44.9 Å². The highest BCUT2D eigenvalue weighted by Gasteiger charge is 2.43. The first-order valence-electron chi connectivity index (χ1n) is 8.55. The van der Waals surface area contributed by atoms with Gasteiger partial charge >= 0.3 is 0 Å². The maximum atomic E-state index is 12.7. The molecule has 1 aromatic carbocycles.